The minimum atomic E-state index is 0.658. The lowest BCUT2D eigenvalue weighted by atomic mass is 9.98. The fourth-order valence-corrected chi connectivity index (χ4v) is 6.37. The Balaban J connectivity index is 1.20. The van der Waals surface area contributed by atoms with Crippen molar-refractivity contribution in [3.63, 3.8) is 0 Å². The van der Waals surface area contributed by atoms with Gasteiger partial charge in [0.2, 0.25) is 0 Å². The Labute approximate surface area is 247 Å². The molecule has 0 saturated heterocycles. The zero-order chi connectivity index (χ0) is 28.3. The van der Waals surface area contributed by atoms with Gasteiger partial charge in [0.1, 0.15) is 0 Å². The maximum atomic E-state index is 4.90. The van der Waals surface area contributed by atoms with Crippen LogP contribution in [0.5, 0.6) is 0 Å². The Hall–Kier alpha value is -5.87. The van der Waals surface area contributed by atoms with E-state index in [0.717, 1.165) is 22.3 Å². The number of hydrogen-bond donors (Lipinski definition) is 0. The molecule has 0 saturated carbocycles. The normalized spacial score (nSPS) is 11.7. The summed E-state index contributed by atoms with van der Waals surface area (Å²) >= 11 is 0. The van der Waals surface area contributed by atoms with E-state index in [-0.39, 0.29) is 0 Å². The predicted octanol–water partition coefficient (Wildman–Crippen LogP) is 9.69. The average Bonchev–Trinajstić information content (AvgIpc) is 3.61. The third-order valence-corrected chi connectivity index (χ3v) is 8.38. The molecule has 9 rings (SSSR count). The van der Waals surface area contributed by atoms with Crippen LogP contribution in [-0.4, -0.2) is 19.4 Å². The van der Waals surface area contributed by atoms with E-state index in [4.69, 9.17) is 15.0 Å². The highest BCUT2D eigenvalue weighted by Crippen LogP contribution is 2.41. The monoisotopic (exact) mass is 548 g/mol. The van der Waals surface area contributed by atoms with Gasteiger partial charge >= 0.3 is 0 Å². The summed E-state index contributed by atoms with van der Waals surface area (Å²) < 4.78 is 2.41. The van der Waals surface area contributed by atoms with E-state index in [0.29, 0.717) is 17.5 Å². The van der Waals surface area contributed by atoms with Crippen LogP contribution in [0.25, 0.3) is 83.4 Å². The molecule has 0 unspecified atom stereocenters. The van der Waals surface area contributed by atoms with E-state index >= 15 is 0 Å². The van der Waals surface area contributed by atoms with Gasteiger partial charge in [-0.1, -0.05) is 121 Å². The quantitative estimate of drug-likeness (QED) is 0.220. The minimum Gasteiger partial charge on any atom is -0.308 e. The van der Waals surface area contributed by atoms with Crippen LogP contribution in [0.2, 0.25) is 0 Å². The first kappa shape index (κ1) is 23.8. The number of rotatable bonds is 4. The maximum Gasteiger partial charge on any atom is 0.164 e. The van der Waals surface area contributed by atoms with Gasteiger partial charge in [0, 0.05) is 38.2 Å². The van der Waals surface area contributed by atoms with Gasteiger partial charge in [0.15, 0.2) is 17.5 Å². The molecule has 43 heavy (non-hydrogen) atoms. The van der Waals surface area contributed by atoms with Crippen LogP contribution in [0.3, 0.4) is 0 Å². The van der Waals surface area contributed by atoms with E-state index in [1.54, 1.807) is 0 Å². The number of fused-ring (bicyclic) bond motifs is 6. The number of nitrogens with zero attached hydrogens (tertiary/aromatic N) is 4. The van der Waals surface area contributed by atoms with Crippen molar-refractivity contribution >= 4 is 38.1 Å². The zero-order valence-corrected chi connectivity index (χ0v) is 23.1. The molecule has 0 radical (unpaired) electrons. The molecule has 4 heteroatoms. The van der Waals surface area contributed by atoms with E-state index in [9.17, 15) is 0 Å². The first-order valence-electron chi connectivity index (χ1n) is 14.5. The standard InChI is InChI=1S/C39H24N4/c1-3-11-26(12-4-1)37-40-38(27-13-5-2-6-14-27)42-39(41-37)28-21-19-25(20-22-28)29-23-32-30-15-7-9-17-34(30)43-35-18-10-8-16-31(35)33(24-29)36(32)43/h1-24H. The van der Waals surface area contributed by atoms with Crippen LogP contribution < -0.4 is 0 Å². The van der Waals surface area contributed by atoms with Crippen molar-refractivity contribution < 1.29 is 0 Å². The van der Waals surface area contributed by atoms with E-state index < -0.39 is 0 Å². The number of aromatic nitrogens is 4. The fourth-order valence-electron chi connectivity index (χ4n) is 6.37. The van der Waals surface area contributed by atoms with Gasteiger partial charge in [0.25, 0.3) is 0 Å². The SMILES string of the molecule is c1ccc(-c2nc(-c3ccccc3)nc(-c3ccc(-c4cc5c6ccccc6n6c7ccccc7c(c4)c56)cc3)n2)cc1. The van der Waals surface area contributed by atoms with Gasteiger partial charge < -0.3 is 4.40 Å². The number of para-hydroxylation sites is 2. The molecule has 0 N–H and O–H groups in total. The zero-order valence-electron chi connectivity index (χ0n) is 23.1. The Morgan fingerprint density at radius 2 is 0.721 bits per heavy atom. The molecule has 0 aliphatic heterocycles. The van der Waals surface area contributed by atoms with Crippen molar-refractivity contribution in [2.45, 2.75) is 0 Å². The van der Waals surface area contributed by atoms with Gasteiger partial charge in [-0.05, 0) is 35.4 Å². The van der Waals surface area contributed by atoms with Crippen LogP contribution in [0.4, 0.5) is 0 Å². The van der Waals surface area contributed by atoms with Crippen molar-refractivity contribution in [1.82, 2.24) is 19.4 Å². The summed E-state index contributed by atoms with van der Waals surface area (Å²) in [5.74, 6) is 1.99. The molecule has 0 fully saturated rings. The van der Waals surface area contributed by atoms with E-state index in [1.165, 1.54) is 43.7 Å². The molecule has 0 atom stereocenters. The molecule has 3 aromatic heterocycles. The smallest absolute Gasteiger partial charge is 0.164 e. The third kappa shape index (κ3) is 3.74. The van der Waals surface area contributed by atoms with Gasteiger partial charge in [-0.15, -0.1) is 0 Å². The van der Waals surface area contributed by atoms with Crippen molar-refractivity contribution in [2.75, 3.05) is 0 Å². The van der Waals surface area contributed by atoms with Gasteiger partial charge in [-0.3, -0.25) is 0 Å². The summed E-state index contributed by atoms with van der Waals surface area (Å²) in [4.78, 5) is 14.6. The molecule has 0 bridgehead atoms. The summed E-state index contributed by atoms with van der Waals surface area (Å²) in [7, 11) is 0. The Morgan fingerprint density at radius 1 is 0.326 bits per heavy atom. The van der Waals surface area contributed by atoms with E-state index in [2.05, 4.69) is 89.3 Å². The first-order chi connectivity index (χ1) is 21.3. The first-order valence-corrected chi connectivity index (χ1v) is 14.5. The Bertz CT molecular complexity index is 2280. The Morgan fingerprint density at radius 3 is 1.21 bits per heavy atom. The number of benzene rings is 6. The fraction of sp³-hybridized carbons (Fsp3) is 0. The molecule has 0 aliphatic carbocycles. The van der Waals surface area contributed by atoms with Crippen molar-refractivity contribution in [1.29, 1.82) is 0 Å². The van der Waals surface area contributed by atoms with Crippen LogP contribution >= 0.6 is 0 Å². The molecular weight excluding hydrogens is 524 g/mol. The van der Waals surface area contributed by atoms with Gasteiger partial charge in [-0.25, -0.2) is 15.0 Å². The predicted molar refractivity (Wildman–Crippen MR) is 176 cm³/mol. The maximum absolute atomic E-state index is 4.90. The van der Waals surface area contributed by atoms with Crippen LogP contribution in [0.1, 0.15) is 0 Å². The molecule has 4 nitrogen and oxygen atoms in total. The van der Waals surface area contributed by atoms with Crippen molar-refractivity contribution in [3.05, 3.63) is 146 Å². The van der Waals surface area contributed by atoms with Crippen molar-refractivity contribution in [2.24, 2.45) is 0 Å². The molecule has 0 aliphatic rings. The second-order valence-electron chi connectivity index (χ2n) is 10.9. The van der Waals surface area contributed by atoms with Gasteiger partial charge in [-0.2, -0.15) is 0 Å². The summed E-state index contributed by atoms with van der Waals surface area (Å²) in [5, 5.41) is 5.11. The molecule has 6 aromatic carbocycles. The van der Waals surface area contributed by atoms with Crippen LogP contribution in [0, 0.1) is 0 Å². The lowest BCUT2D eigenvalue weighted by Crippen LogP contribution is -2.00. The highest BCUT2D eigenvalue weighted by molar-refractivity contribution is 6.24. The average molecular weight is 549 g/mol. The molecule has 0 amide bonds. The lowest BCUT2D eigenvalue weighted by molar-refractivity contribution is 1.07. The van der Waals surface area contributed by atoms with Gasteiger partial charge in [0.05, 0.1) is 16.6 Å². The van der Waals surface area contributed by atoms with Crippen molar-refractivity contribution in [3.8, 4) is 45.3 Å². The summed E-state index contributed by atoms with van der Waals surface area (Å²) in [5.41, 5.74) is 9.01. The van der Waals surface area contributed by atoms with E-state index in [1.807, 2.05) is 60.7 Å². The largest absolute Gasteiger partial charge is 0.308 e. The highest BCUT2D eigenvalue weighted by atomic mass is 15.0. The second kappa shape index (κ2) is 9.33. The Kier molecular flexibility index (Phi) is 5.16. The minimum absolute atomic E-state index is 0.658. The topological polar surface area (TPSA) is 43.1 Å². The van der Waals surface area contributed by atoms with Crippen LogP contribution in [-0.2, 0) is 0 Å². The number of hydrogen-bond acceptors (Lipinski definition) is 3. The molecule has 200 valence electrons. The summed E-state index contributed by atoms with van der Waals surface area (Å²) in [6, 6.07) is 50.8. The second-order valence-corrected chi connectivity index (χ2v) is 10.9. The lowest BCUT2D eigenvalue weighted by Gasteiger charge is -2.09. The summed E-state index contributed by atoms with van der Waals surface area (Å²) in [6.07, 6.45) is 0. The molecular formula is C39H24N4. The molecule has 3 heterocycles. The third-order valence-electron chi connectivity index (χ3n) is 8.38. The summed E-state index contributed by atoms with van der Waals surface area (Å²) in [6.45, 7) is 0. The van der Waals surface area contributed by atoms with Crippen LogP contribution in [0.15, 0.2) is 146 Å². The molecule has 0 spiro atoms. The molecule has 9 aromatic rings. The highest BCUT2D eigenvalue weighted by Gasteiger charge is 2.18.